The normalized spacial score (nSPS) is 28.1. The molecule has 0 heterocycles. The molecular weight excluding hydrogens is 230 g/mol. The fraction of sp³-hybridized carbons (Fsp3) is 0.500. The first kappa shape index (κ1) is 12.5. The van der Waals surface area contributed by atoms with E-state index in [2.05, 4.69) is 31.8 Å². The summed E-state index contributed by atoms with van der Waals surface area (Å²) in [5.74, 6) is 1.31. The highest BCUT2D eigenvalue weighted by atomic mass is 32.1. The van der Waals surface area contributed by atoms with Crippen LogP contribution in [0.3, 0.4) is 0 Å². The molecule has 0 radical (unpaired) electrons. The van der Waals surface area contributed by atoms with Crippen molar-refractivity contribution in [2.45, 2.75) is 37.6 Å². The largest absolute Gasteiger partial charge is 0.349 e. The van der Waals surface area contributed by atoms with E-state index in [-0.39, 0.29) is 5.91 Å². The van der Waals surface area contributed by atoms with Gasteiger partial charge >= 0.3 is 0 Å². The van der Waals surface area contributed by atoms with E-state index in [4.69, 9.17) is 0 Å². The minimum atomic E-state index is 0.0317. The van der Waals surface area contributed by atoms with Crippen molar-refractivity contribution < 1.29 is 4.79 Å². The average Bonchev–Trinajstić information content (AvgIpc) is 2.62. The summed E-state index contributed by atoms with van der Waals surface area (Å²) in [5, 5.41) is 3.13. The summed E-state index contributed by atoms with van der Waals surface area (Å²) in [6.45, 7) is 4.48. The van der Waals surface area contributed by atoms with Crippen molar-refractivity contribution in [2.24, 2.45) is 11.8 Å². The highest BCUT2D eigenvalue weighted by Crippen LogP contribution is 2.31. The van der Waals surface area contributed by atoms with Gasteiger partial charge in [-0.3, -0.25) is 4.79 Å². The van der Waals surface area contributed by atoms with Crippen molar-refractivity contribution in [3.63, 3.8) is 0 Å². The first-order valence-corrected chi connectivity index (χ1v) is 6.62. The Bertz CT molecular complexity index is 401. The van der Waals surface area contributed by atoms with Gasteiger partial charge in [-0.1, -0.05) is 13.8 Å². The third-order valence-corrected chi connectivity index (χ3v) is 4.21. The molecule has 92 valence electrons. The molecule has 1 aliphatic carbocycles. The van der Waals surface area contributed by atoms with Gasteiger partial charge in [0.2, 0.25) is 0 Å². The molecular formula is C14H19NOS. The third kappa shape index (κ3) is 2.83. The maximum absolute atomic E-state index is 12.0. The van der Waals surface area contributed by atoms with Crippen molar-refractivity contribution in [3.8, 4) is 0 Å². The molecule has 1 saturated carbocycles. The number of rotatable bonds is 2. The number of hydrogen-bond acceptors (Lipinski definition) is 2. The number of benzene rings is 1. The smallest absolute Gasteiger partial charge is 0.251 e. The quantitative estimate of drug-likeness (QED) is 0.775. The summed E-state index contributed by atoms with van der Waals surface area (Å²) in [6, 6.07) is 7.66. The Balaban J connectivity index is 2.00. The van der Waals surface area contributed by atoms with Gasteiger partial charge in [0.05, 0.1) is 0 Å². The maximum atomic E-state index is 12.0. The Labute approximate surface area is 108 Å². The zero-order chi connectivity index (χ0) is 12.4. The lowest BCUT2D eigenvalue weighted by Crippen LogP contribution is -2.37. The van der Waals surface area contributed by atoms with E-state index in [0.29, 0.717) is 17.9 Å². The predicted octanol–water partition coefficient (Wildman–Crippen LogP) is 3.14. The second-order valence-corrected chi connectivity index (χ2v) is 5.56. The molecule has 3 unspecified atom stereocenters. The maximum Gasteiger partial charge on any atom is 0.251 e. The summed E-state index contributed by atoms with van der Waals surface area (Å²) < 4.78 is 0. The van der Waals surface area contributed by atoms with Gasteiger partial charge in [0.25, 0.3) is 5.91 Å². The van der Waals surface area contributed by atoms with E-state index in [0.717, 1.165) is 16.9 Å². The SMILES string of the molecule is CC1CCC(NC(=O)c2ccc(S)cc2)C1C. The van der Waals surface area contributed by atoms with Crippen molar-refractivity contribution in [3.05, 3.63) is 29.8 Å². The Morgan fingerprint density at radius 2 is 1.88 bits per heavy atom. The van der Waals surface area contributed by atoms with E-state index in [9.17, 15) is 4.79 Å². The molecule has 17 heavy (non-hydrogen) atoms. The summed E-state index contributed by atoms with van der Waals surface area (Å²) >= 11 is 4.21. The number of amides is 1. The standard InChI is InChI=1S/C14H19NOS/c1-9-3-8-13(10(9)2)15-14(16)11-4-6-12(17)7-5-11/h4-7,9-10,13,17H,3,8H2,1-2H3,(H,15,16). The molecule has 1 aromatic carbocycles. The zero-order valence-corrected chi connectivity index (χ0v) is 11.2. The predicted molar refractivity (Wildman–Crippen MR) is 72.5 cm³/mol. The van der Waals surface area contributed by atoms with Crippen LogP contribution in [0.15, 0.2) is 29.2 Å². The Hall–Kier alpha value is -0.960. The van der Waals surface area contributed by atoms with Gasteiger partial charge in [-0.05, 0) is 48.9 Å². The molecule has 3 heteroatoms. The van der Waals surface area contributed by atoms with Gasteiger partial charge in [0.15, 0.2) is 0 Å². The van der Waals surface area contributed by atoms with Crippen molar-refractivity contribution in [1.29, 1.82) is 0 Å². The first-order valence-electron chi connectivity index (χ1n) is 6.18. The van der Waals surface area contributed by atoms with Crippen LogP contribution in [0.25, 0.3) is 0 Å². The van der Waals surface area contributed by atoms with Crippen molar-refractivity contribution >= 4 is 18.5 Å². The fourth-order valence-corrected chi connectivity index (χ4v) is 2.58. The first-order chi connectivity index (χ1) is 8.08. The summed E-state index contributed by atoms with van der Waals surface area (Å²) in [6.07, 6.45) is 2.31. The van der Waals surface area contributed by atoms with Crippen LogP contribution in [0.2, 0.25) is 0 Å². The summed E-state index contributed by atoms with van der Waals surface area (Å²) in [7, 11) is 0. The monoisotopic (exact) mass is 249 g/mol. The number of carbonyl (C=O) groups excluding carboxylic acids is 1. The van der Waals surface area contributed by atoms with Gasteiger partial charge in [-0.25, -0.2) is 0 Å². The van der Waals surface area contributed by atoms with Crippen LogP contribution >= 0.6 is 12.6 Å². The Morgan fingerprint density at radius 3 is 2.41 bits per heavy atom. The Morgan fingerprint density at radius 1 is 1.24 bits per heavy atom. The van der Waals surface area contributed by atoms with E-state index in [1.165, 1.54) is 6.42 Å². The van der Waals surface area contributed by atoms with Gasteiger partial charge in [0, 0.05) is 16.5 Å². The van der Waals surface area contributed by atoms with Crippen LogP contribution < -0.4 is 5.32 Å². The molecule has 0 aromatic heterocycles. The highest BCUT2D eigenvalue weighted by molar-refractivity contribution is 7.80. The van der Waals surface area contributed by atoms with Gasteiger partial charge < -0.3 is 5.32 Å². The second-order valence-electron chi connectivity index (χ2n) is 5.04. The lowest BCUT2D eigenvalue weighted by molar-refractivity contribution is 0.0927. The molecule has 0 aliphatic heterocycles. The highest BCUT2D eigenvalue weighted by Gasteiger charge is 2.30. The molecule has 1 aliphatic rings. The second kappa shape index (κ2) is 5.13. The van der Waals surface area contributed by atoms with Gasteiger partial charge in [0.1, 0.15) is 0 Å². The summed E-state index contributed by atoms with van der Waals surface area (Å²) in [4.78, 5) is 12.9. The molecule has 3 atom stereocenters. The molecule has 0 spiro atoms. The van der Waals surface area contributed by atoms with E-state index in [1.54, 1.807) is 0 Å². The van der Waals surface area contributed by atoms with Crippen LogP contribution in [0.1, 0.15) is 37.0 Å². The minimum Gasteiger partial charge on any atom is -0.349 e. The number of carbonyl (C=O) groups is 1. The molecule has 0 saturated heterocycles. The number of hydrogen-bond donors (Lipinski definition) is 2. The average molecular weight is 249 g/mol. The molecule has 1 amide bonds. The molecule has 1 fully saturated rings. The van der Waals surface area contributed by atoms with Crippen molar-refractivity contribution in [2.75, 3.05) is 0 Å². The van der Waals surface area contributed by atoms with Gasteiger partial charge in [-0.2, -0.15) is 0 Å². The number of nitrogens with one attached hydrogen (secondary N) is 1. The Kier molecular flexibility index (Phi) is 3.77. The molecule has 1 N–H and O–H groups in total. The van der Waals surface area contributed by atoms with Gasteiger partial charge in [-0.15, -0.1) is 12.6 Å². The molecule has 2 rings (SSSR count). The molecule has 2 nitrogen and oxygen atoms in total. The third-order valence-electron chi connectivity index (χ3n) is 3.91. The lowest BCUT2D eigenvalue weighted by Gasteiger charge is -2.19. The molecule has 0 bridgehead atoms. The lowest BCUT2D eigenvalue weighted by atomic mass is 9.97. The van der Waals surface area contributed by atoms with E-state index in [1.807, 2.05) is 24.3 Å². The topological polar surface area (TPSA) is 29.1 Å². The van der Waals surface area contributed by atoms with E-state index >= 15 is 0 Å². The minimum absolute atomic E-state index is 0.0317. The number of thiol groups is 1. The fourth-order valence-electron chi connectivity index (χ4n) is 2.43. The van der Waals surface area contributed by atoms with Crippen LogP contribution in [-0.2, 0) is 0 Å². The van der Waals surface area contributed by atoms with E-state index < -0.39 is 0 Å². The van der Waals surface area contributed by atoms with Crippen LogP contribution in [0.4, 0.5) is 0 Å². The van der Waals surface area contributed by atoms with Crippen LogP contribution in [-0.4, -0.2) is 11.9 Å². The summed E-state index contributed by atoms with van der Waals surface area (Å²) in [5.41, 5.74) is 0.717. The van der Waals surface area contributed by atoms with Crippen LogP contribution in [0, 0.1) is 11.8 Å². The molecule has 1 aromatic rings. The van der Waals surface area contributed by atoms with Crippen molar-refractivity contribution in [1.82, 2.24) is 5.32 Å². The van der Waals surface area contributed by atoms with Crippen LogP contribution in [0.5, 0.6) is 0 Å². The zero-order valence-electron chi connectivity index (χ0n) is 10.3.